The van der Waals surface area contributed by atoms with Crippen molar-refractivity contribution >= 4 is 12.2 Å². The number of hydrogen-bond donors (Lipinski definition) is 1. The average molecular weight is 275 g/mol. The zero-order valence-electron chi connectivity index (χ0n) is 11.1. The van der Waals surface area contributed by atoms with Crippen LogP contribution < -0.4 is 4.74 Å². The number of benzene rings is 1. The zero-order valence-corrected chi connectivity index (χ0v) is 11.9. The molecule has 0 saturated heterocycles. The molecule has 0 aliphatic heterocycles. The topological polar surface area (TPSA) is 34.4 Å². The highest BCUT2D eigenvalue weighted by atomic mass is 32.1. The summed E-state index contributed by atoms with van der Waals surface area (Å²) in [7, 11) is 1.67. The van der Waals surface area contributed by atoms with Gasteiger partial charge in [0.1, 0.15) is 5.75 Å². The molecule has 2 rings (SSSR count). The van der Waals surface area contributed by atoms with Crippen LogP contribution in [0.4, 0.5) is 0 Å². The Bertz CT molecular complexity index is 634. The molecule has 3 nitrogen and oxygen atoms in total. The smallest absolute Gasteiger partial charge is 0.152 e. The van der Waals surface area contributed by atoms with E-state index in [1.165, 1.54) is 5.56 Å². The van der Waals surface area contributed by atoms with E-state index in [-0.39, 0.29) is 5.75 Å². The van der Waals surface area contributed by atoms with Gasteiger partial charge in [-0.3, -0.25) is 0 Å². The molecule has 4 heteroatoms. The SMILES string of the molecule is COc1cccc(CCn2ccc(=S)c(O)c2C)c1. The largest absolute Gasteiger partial charge is 0.505 e. The van der Waals surface area contributed by atoms with E-state index in [1.807, 2.05) is 35.9 Å². The normalized spacial score (nSPS) is 10.4. The van der Waals surface area contributed by atoms with Gasteiger partial charge in [0.2, 0.25) is 0 Å². The minimum atomic E-state index is 0.197. The first-order chi connectivity index (χ1) is 9.11. The molecule has 0 unspecified atom stereocenters. The Hall–Kier alpha value is -1.81. The summed E-state index contributed by atoms with van der Waals surface area (Å²) in [5.74, 6) is 1.06. The van der Waals surface area contributed by atoms with Gasteiger partial charge in [-0.25, -0.2) is 0 Å². The van der Waals surface area contributed by atoms with Gasteiger partial charge in [-0.05, 0) is 37.1 Å². The number of aromatic hydroxyl groups is 1. The molecular weight excluding hydrogens is 258 g/mol. The van der Waals surface area contributed by atoms with Crippen molar-refractivity contribution in [3.05, 3.63) is 52.3 Å². The van der Waals surface area contributed by atoms with Gasteiger partial charge in [0.25, 0.3) is 0 Å². The molecule has 0 spiro atoms. The van der Waals surface area contributed by atoms with Crippen LogP contribution >= 0.6 is 12.2 Å². The average Bonchev–Trinajstić information content (AvgIpc) is 2.44. The lowest BCUT2D eigenvalue weighted by molar-refractivity contribution is 0.414. The molecular formula is C15H17NO2S. The standard InChI is InChI=1S/C15H17NO2S/c1-11-15(17)14(19)7-9-16(11)8-6-12-4-3-5-13(10-12)18-2/h3-5,7,9-10,17H,6,8H2,1-2H3. The summed E-state index contributed by atoms with van der Waals surface area (Å²) in [6, 6.07) is 9.76. The van der Waals surface area contributed by atoms with Crippen LogP contribution in [0.1, 0.15) is 11.3 Å². The lowest BCUT2D eigenvalue weighted by Crippen LogP contribution is -2.05. The fourth-order valence-electron chi connectivity index (χ4n) is 1.98. The van der Waals surface area contributed by atoms with Gasteiger partial charge in [0, 0.05) is 12.7 Å². The van der Waals surface area contributed by atoms with Crippen molar-refractivity contribution in [2.45, 2.75) is 19.9 Å². The monoisotopic (exact) mass is 275 g/mol. The van der Waals surface area contributed by atoms with E-state index in [2.05, 4.69) is 6.07 Å². The molecule has 19 heavy (non-hydrogen) atoms. The highest BCUT2D eigenvalue weighted by molar-refractivity contribution is 7.71. The Balaban J connectivity index is 2.14. The number of nitrogens with zero attached hydrogens (tertiary/aromatic N) is 1. The number of ether oxygens (including phenoxy) is 1. The molecule has 0 aliphatic rings. The second-order valence-electron chi connectivity index (χ2n) is 4.41. The van der Waals surface area contributed by atoms with Crippen LogP contribution in [-0.4, -0.2) is 16.8 Å². The molecule has 2 aromatic rings. The van der Waals surface area contributed by atoms with Crippen molar-refractivity contribution in [3.63, 3.8) is 0 Å². The highest BCUT2D eigenvalue weighted by Gasteiger charge is 2.03. The lowest BCUT2D eigenvalue weighted by atomic mass is 10.1. The fraction of sp³-hybridized carbons (Fsp3) is 0.267. The van der Waals surface area contributed by atoms with Crippen LogP contribution in [0.15, 0.2) is 36.5 Å². The third-order valence-corrected chi connectivity index (χ3v) is 3.52. The Morgan fingerprint density at radius 2 is 2.11 bits per heavy atom. The van der Waals surface area contributed by atoms with Crippen LogP contribution in [0.2, 0.25) is 0 Å². The van der Waals surface area contributed by atoms with Gasteiger partial charge >= 0.3 is 0 Å². The van der Waals surface area contributed by atoms with Crippen molar-refractivity contribution in [3.8, 4) is 11.5 Å². The predicted molar refractivity (Wildman–Crippen MR) is 78.4 cm³/mol. The number of pyridine rings is 1. The minimum Gasteiger partial charge on any atom is -0.505 e. The van der Waals surface area contributed by atoms with E-state index >= 15 is 0 Å². The maximum atomic E-state index is 9.82. The van der Waals surface area contributed by atoms with E-state index in [1.54, 1.807) is 13.2 Å². The molecule has 1 aromatic heterocycles. The maximum absolute atomic E-state index is 9.82. The predicted octanol–water partition coefficient (Wildman–Crippen LogP) is 3.48. The van der Waals surface area contributed by atoms with E-state index in [0.29, 0.717) is 4.51 Å². The summed E-state index contributed by atoms with van der Waals surface area (Å²) in [4.78, 5) is 0. The summed E-state index contributed by atoms with van der Waals surface area (Å²) in [6.07, 6.45) is 2.79. The van der Waals surface area contributed by atoms with Crippen molar-refractivity contribution in [2.75, 3.05) is 7.11 Å². The number of aromatic nitrogens is 1. The molecule has 1 N–H and O–H groups in total. The summed E-state index contributed by atoms with van der Waals surface area (Å²) < 4.78 is 7.70. The molecule has 0 atom stereocenters. The number of methoxy groups -OCH3 is 1. The van der Waals surface area contributed by atoms with E-state index in [4.69, 9.17) is 17.0 Å². The lowest BCUT2D eigenvalue weighted by Gasteiger charge is -2.12. The van der Waals surface area contributed by atoms with Crippen LogP contribution in [0.3, 0.4) is 0 Å². The van der Waals surface area contributed by atoms with Crippen molar-refractivity contribution < 1.29 is 9.84 Å². The van der Waals surface area contributed by atoms with Gasteiger partial charge < -0.3 is 14.4 Å². The molecule has 1 heterocycles. The molecule has 0 fully saturated rings. The molecule has 0 aliphatic carbocycles. The molecule has 100 valence electrons. The minimum absolute atomic E-state index is 0.197. The van der Waals surface area contributed by atoms with Crippen LogP contribution in [0.5, 0.6) is 11.5 Å². The van der Waals surface area contributed by atoms with Gasteiger partial charge in [0.15, 0.2) is 5.75 Å². The second-order valence-corrected chi connectivity index (χ2v) is 4.85. The van der Waals surface area contributed by atoms with Gasteiger partial charge in [0.05, 0.1) is 17.3 Å². The van der Waals surface area contributed by atoms with Crippen molar-refractivity contribution in [2.24, 2.45) is 0 Å². The van der Waals surface area contributed by atoms with Gasteiger partial charge in [-0.15, -0.1) is 0 Å². The first kappa shape index (κ1) is 13.6. The highest BCUT2D eigenvalue weighted by Crippen LogP contribution is 2.18. The molecule has 1 aromatic carbocycles. The van der Waals surface area contributed by atoms with E-state index in [9.17, 15) is 5.11 Å². The second kappa shape index (κ2) is 5.89. The molecule has 0 amide bonds. The number of hydrogen-bond acceptors (Lipinski definition) is 3. The maximum Gasteiger partial charge on any atom is 0.152 e. The Labute approximate surface area is 118 Å². The Morgan fingerprint density at radius 1 is 1.32 bits per heavy atom. The van der Waals surface area contributed by atoms with Crippen molar-refractivity contribution in [1.82, 2.24) is 4.57 Å². The molecule has 0 saturated carbocycles. The van der Waals surface area contributed by atoms with Gasteiger partial charge in [-0.1, -0.05) is 24.4 Å². The first-order valence-electron chi connectivity index (χ1n) is 6.14. The summed E-state index contributed by atoms with van der Waals surface area (Å²) >= 11 is 5.03. The van der Waals surface area contributed by atoms with Crippen LogP contribution in [0, 0.1) is 11.4 Å². The molecule has 0 radical (unpaired) electrons. The fourth-order valence-corrected chi connectivity index (χ4v) is 2.19. The van der Waals surface area contributed by atoms with Gasteiger partial charge in [-0.2, -0.15) is 0 Å². The van der Waals surface area contributed by atoms with E-state index < -0.39 is 0 Å². The summed E-state index contributed by atoms with van der Waals surface area (Å²) in [5, 5.41) is 9.82. The Kier molecular flexibility index (Phi) is 4.22. The number of aryl methyl sites for hydroxylation is 2. The zero-order chi connectivity index (χ0) is 13.8. The number of rotatable bonds is 4. The quantitative estimate of drug-likeness (QED) is 0.867. The van der Waals surface area contributed by atoms with E-state index in [0.717, 1.165) is 24.4 Å². The van der Waals surface area contributed by atoms with Crippen LogP contribution in [-0.2, 0) is 13.0 Å². The third-order valence-electron chi connectivity index (χ3n) is 3.19. The third kappa shape index (κ3) is 3.15. The Morgan fingerprint density at radius 3 is 2.84 bits per heavy atom. The van der Waals surface area contributed by atoms with Crippen LogP contribution in [0.25, 0.3) is 0 Å². The molecule has 0 bridgehead atoms. The first-order valence-corrected chi connectivity index (χ1v) is 6.54. The summed E-state index contributed by atoms with van der Waals surface area (Å²) in [6.45, 7) is 2.67. The van der Waals surface area contributed by atoms with Crippen molar-refractivity contribution in [1.29, 1.82) is 0 Å². The summed E-state index contributed by atoms with van der Waals surface area (Å²) in [5.41, 5.74) is 2.00.